The Balaban J connectivity index is 2.37. The second kappa shape index (κ2) is 9.14. The maximum atomic E-state index is 11.9. The molecule has 126 valence electrons. The summed E-state index contributed by atoms with van der Waals surface area (Å²) in [5.41, 5.74) is 7.79. The van der Waals surface area contributed by atoms with Gasteiger partial charge in [0.15, 0.2) is 0 Å². The van der Waals surface area contributed by atoms with Gasteiger partial charge in [-0.2, -0.15) is 0 Å². The summed E-state index contributed by atoms with van der Waals surface area (Å²) >= 11 is 3.34. The molecule has 0 aliphatic rings. The van der Waals surface area contributed by atoms with Crippen LogP contribution in [-0.2, 0) is 14.4 Å². The van der Waals surface area contributed by atoms with Crippen molar-refractivity contribution in [3.63, 3.8) is 0 Å². The van der Waals surface area contributed by atoms with Crippen LogP contribution in [0.3, 0.4) is 0 Å². The van der Waals surface area contributed by atoms with Gasteiger partial charge in [0.2, 0.25) is 17.7 Å². The third-order valence-electron chi connectivity index (χ3n) is 3.03. The van der Waals surface area contributed by atoms with Gasteiger partial charge >= 0.3 is 0 Å². The number of carbonyl (C=O) groups is 3. The third kappa shape index (κ3) is 7.14. The lowest BCUT2D eigenvalue weighted by atomic mass is 10.1. The first kappa shape index (κ1) is 19.0. The summed E-state index contributed by atoms with van der Waals surface area (Å²) in [7, 11) is 0. The Bertz CT molecular complexity index is 605. The molecule has 0 aliphatic heterocycles. The van der Waals surface area contributed by atoms with E-state index in [1.165, 1.54) is 6.92 Å². The van der Waals surface area contributed by atoms with Gasteiger partial charge in [0, 0.05) is 37.3 Å². The Morgan fingerprint density at radius 3 is 2.35 bits per heavy atom. The van der Waals surface area contributed by atoms with E-state index in [2.05, 4.69) is 31.9 Å². The highest BCUT2D eigenvalue weighted by Crippen LogP contribution is 2.27. The van der Waals surface area contributed by atoms with Crippen molar-refractivity contribution in [2.75, 3.05) is 24.1 Å². The smallest absolute Gasteiger partial charge is 0.224 e. The summed E-state index contributed by atoms with van der Waals surface area (Å²) in [6.07, 6.45) is 0.121. The van der Waals surface area contributed by atoms with Crippen molar-refractivity contribution in [2.24, 2.45) is 0 Å². The standard InChI is InChI=1S/C15H21BrN4O3/c1-9-7-11(16)8-12(15(9)17)20-14(23)4-3-13(22)19-6-5-18-10(2)21/h7-8H,3-6,17H2,1-2H3,(H,18,21)(H,19,22)(H,20,23). The fourth-order valence-corrected chi connectivity index (χ4v) is 2.40. The van der Waals surface area contributed by atoms with Gasteiger partial charge in [0.25, 0.3) is 0 Å². The summed E-state index contributed by atoms with van der Waals surface area (Å²) in [6, 6.07) is 3.57. The number of nitrogens with two attached hydrogens (primary N) is 1. The fraction of sp³-hybridized carbons (Fsp3) is 0.400. The van der Waals surface area contributed by atoms with E-state index < -0.39 is 0 Å². The van der Waals surface area contributed by atoms with Crippen LogP contribution in [-0.4, -0.2) is 30.8 Å². The number of nitrogens with one attached hydrogen (secondary N) is 3. The van der Waals surface area contributed by atoms with Crippen molar-refractivity contribution in [1.29, 1.82) is 0 Å². The average Bonchev–Trinajstić information content (AvgIpc) is 2.46. The summed E-state index contributed by atoms with van der Waals surface area (Å²) in [6.45, 7) is 3.94. The minimum atomic E-state index is -0.286. The van der Waals surface area contributed by atoms with E-state index in [0.717, 1.165) is 10.0 Å². The van der Waals surface area contributed by atoms with E-state index in [-0.39, 0.29) is 30.6 Å². The number of anilines is 2. The molecule has 0 aliphatic carbocycles. The second-order valence-corrected chi connectivity index (χ2v) is 5.98. The molecule has 23 heavy (non-hydrogen) atoms. The molecule has 0 fully saturated rings. The zero-order valence-corrected chi connectivity index (χ0v) is 14.7. The van der Waals surface area contributed by atoms with Gasteiger partial charge in [-0.25, -0.2) is 0 Å². The maximum Gasteiger partial charge on any atom is 0.224 e. The number of hydrogen-bond donors (Lipinski definition) is 4. The Labute approximate surface area is 143 Å². The van der Waals surface area contributed by atoms with E-state index in [1.807, 2.05) is 13.0 Å². The zero-order valence-electron chi connectivity index (χ0n) is 13.2. The van der Waals surface area contributed by atoms with E-state index in [1.54, 1.807) is 6.07 Å². The summed E-state index contributed by atoms with van der Waals surface area (Å²) in [4.78, 5) is 34.1. The molecule has 8 heteroatoms. The molecular formula is C15H21BrN4O3. The molecule has 1 aromatic carbocycles. The molecule has 3 amide bonds. The molecular weight excluding hydrogens is 364 g/mol. The lowest BCUT2D eigenvalue weighted by Gasteiger charge is -2.11. The minimum Gasteiger partial charge on any atom is -0.397 e. The largest absolute Gasteiger partial charge is 0.397 e. The number of amides is 3. The summed E-state index contributed by atoms with van der Waals surface area (Å²) in [5.74, 6) is -0.685. The first-order chi connectivity index (χ1) is 10.8. The lowest BCUT2D eigenvalue weighted by molar-refractivity contribution is -0.124. The first-order valence-corrected chi connectivity index (χ1v) is 7.95. The Morgan fingerprint density at radius 1 is 1.09 bits per heavy atom. The van der Waals surface area contributed by atoms with E-state index in [4.69, 9.17) is 5.73 Å². The maximum absolute atomic E-state index is 11.9. The van der Waals surface area contributed by atoms with Crippen LogP contribution in [0.15, 0.2) is 16.6 Å². The molecule has 1 rings (SSSR count). The summed E-state index contributed by atoms with van der Waals surface area (Å²) in [5, 5.41) is 7.88. The molecule has 5 N–H and O–H groups in total. The molecule has 0 saturated heterocycles. The number of rotatable bonds is 7. The molecule has 0 radical (unpaired) electrons. The number of halogens is 1. The van der Waals surface area contributed by atoms with Crippen molar-refractivity contribution < 1.29 is 14.4 Å². The van der Waals surface area contributed by atoms with Crippen LogP contribution in [0.4, 0.5) is 11.4 Å². The van der Waals surface area contributed by atoms with Crippen molar-refractivity contribution in [3.8, 4) is 0 Å². The van der Waals surface area contributed by atoms with Gasteiger partial charge < -0.3 is 21.7 Å². The van der Waals surface area contributed by atoms with E-state index >= 15 is 0 Å². The molecule has 0 aromatic heterocycles. The number of carbonyl (C=O) groups excluding carboxylic acids is 3. The van der Waals surface area contributed by atoms with Crippen molar-refractivity contribution in [3.05, 3.63) is 22.2 Å². The molecule has 7 nitrogen and oxygen atoms in total. The minimum absolute atomic E-state index is 0.0526. The van der Waals surface area contributed by atoms with Crippen molar-refractivity contribution in [2.45, 2.75) is 26.7 Å². The number of aryl methyl sites for hydroxylation is 1. The highest BCUT2D eigenvalue weighted by atomic mass is 79.9. The lowest BCUT2D eigenvalue weighted by Crippen LogP contribution is -2.33. The normalized spacial score (nSPS) is 10.0. The van der Waals surface area contributed by atoms with Crippen LogP contribution in [0.5, 0.6) is 0 Å². The topological polar surface area (TPSA) is 113 Å². The Kier molecular flexibility index (Phi) is 7.53. The Hall–Kier alpha value is -2.09. The van der Waals surface area contributed by atoms with Crippen LogP contribution >= 0.6 is 15.9 Å². The molecule has 0 spiro atoms. The Morgan fingerprint density at radius 2 is 1.70 bits per heavy atom. The molecule has 1 aromatic rings. The van der Waals surface area contributed by atoms with Gasteiger partial charge in [-0.15, -0.1) is 0 Å². The zero-order chi connectivity index (χ0) is 17.4. The van der Waals surface area contributed by atoms with Crippen LogP contribution in [0.1, 0.15) is 25.3 Å². The van der Waals surface area contributed by atoms with Gasteiger partial charge in [-0.05, 0) is 24.6 Å². The fourth-order valence-electron chi connectivity index (χ4n) is 1.83. The third-order valence-corrected chi connectivity index (χ3v) is 3.48. The second-order valence-electron chi connectivity index (χ2n) is 5.07. The van der Waals surface area contributed by atoms with Crippen LogP contribution in [0.2, 0.25) is 0 Å². The van der Waals surface area contributed by atoms with Crippen molar-refractivity contribution in [1.82, 2.24) is 10.6 Å². The van der Waals surface area contributed by atoms with Gasteiger partial charge in [0.1, 0.15) is 0 Å². The van der Waals surface area contributed by atoms with Gasteiger partial charge in [-0.1, -0.05) is 15.9 Å². The molecule has 0 heterocycles. The average molecular weight is 385 g/mol. The quantitative estimate of drug-likeness (QED) is 0.419. The van der Waals surface area contributed by atoms with E-state index in [0.29, 0.717) is 24.5 Å². The van der Waals surface area contributed by atoms with E-state index in [9.17, 15) is 14.4 Å². The monoisotopic (exact) mass is 384 g/mol. The molecule has 0 atom stereocenters. The number of benzene rings is 1. The van der Waals surface area contributed by atoms with Gasteiger partial charge in [0.05, 0.1) is 11.4 Å². The number of nitrogen functional groups attached to an aromatic ring is 1. The highest BCUT2D eigenvalue weighted by Gasteiger charge is 2.10. The molecule has 0 saturated carbocycles. The van der Waals surface area contributed by atoms with Crippen LogP contribution in [0.25, 0.3) is 0 Å². The van der Waals surface area contributed by atoms with Crippen LogP contribution < -0.4 is 21.7 Å². The number of hydrogen-bond acceptors (Lipinski definition) is 4. The van der Waals surface area contributed by atoms with Crippen LogP contribution in [0, 0.1) is 6.92 Å². The van der Waals surface area contributed by atoms with Crippen molar-refractivity contribution >= 4 is 45.0 Å². The molecule has 0 unspecified atom stereocenters. The summed E-state index contributed by atoms with van der Waals surface area (Å²) < 4.78 is 0.815. The molecule has 0 bridgehead atoms. The van der Waals surface area contributed by atoms with Gasteiger partial charge in [-0.3, -0.25) is 14.4 Å². The SMILES string of the molecule is CC(=O)NCCNC(=O)CCC(=O)Nc1cc(Br)cc(C)c1N. The predicted molar refractivity (Wildman–Crippen MR) is 92.8 cm³/mol. The predicted octanol–water partition coefficient (Wildman–Crippen LogP) is 1.31. The first-order valence-electron chi connectivity index (χ1n) is 7.16. The highest BCUT2D eigenvalue weighted by molar-refractivity contribution is 9.10.